The first-order valence-corrected chi connectivity index (χ1v) is 7.43. The summed E-state index contributed by atoms with van der Waals surface area (Å²) in [5, 5.41) is 22.8. The number of carboxylic acid groups (broad SMARTS) is 1. The van der Waals surface area contributed by atoms with Crippen LogP contribution in [0.5, 0.6) is 0 Å². The van der Waals surface area contributed by atoms with Crippen LogP contribution < -0.4 is 5.32 Å². The van der Waals surface area contributed by atoms with Crippen LogP contribution in [0, 0.1) is 11.3 Å². The van der Waals surface area contributed by atoms with Crippen LogP contribution >= 0.6 is 0 Å². The summed E-state index contributed by atoms with van der Waals surface area (Å²) in [6.07, 6.45) is 3.24. The summed E-state index contributed by atoms with van der Waals surface area (Å²) in [5.41, 5.74) is -0.617. The van der Waals surface area contributed by atoms with Gasteiger partial charge < -0.3 is 20.3 Å². The van der Waals surface area contributed by atoms with Gasteiger partial charge >= 0.3 is 5.97 Å². The van der Waals surface area contributed by atoms with Gasteiger partial charge in [0.15, 0.2) is 0 Å². The lowest BCUT2D eigenvalue weighted by Crippen LogP contribution is -2.46. The molecule has 5 heteroatoms. The first-order valence-electron chi connectivity index (χ1n) is 7.43. The Morgan fingerprint density at radius 1 is 1.40 bits per heavy atom. The van der Waals surface area contributed by atoms with Gasteiger partial charge in [-0.1, -0.05) is 13.8 Å². The van der Waals surface area contributed by atoms with E-state index in [2.05, 4.69) is 19.2 Å². The first kappa shape index (κ1) is 17.4. The molecule has 1 rings (SSSR count). The Hall–Kier alpha value is -0.650. The minimum atomic E-state index is -0.747. The van der Waals surface area contributed by atoms with Crippen LogP contribution in [0.25, 0.3) is 0 Å². The van der Waals surface area contributed by atoms with E-state index in [0.29, 0.717) is 32.2 Å². The number of nitrogens with one attached hydrogen (secondary N) is 1. The number of ether oxygens (including phenoxy) is 1. The fraction of sp³-hybridized carbons (Fsp3) is 0.933. The van der Waals surface area contributed by atoms with E-state index >= 15 is 0 Å². The van der Waals surface area contributed by atoms with Gasteiger partial charge in [0.05, 0.1) is 11.5 Å². The van der Waals surface area contributed by atoms with E-state index < -0.39 is 11.6 Å². The average Bonchev–Trinajstić information content (AvgIpc) is 2.36. The van der Waals surface area contributed by atoms with Crippen LogP contribution in [0.4, 0.5) is 0 Å². The molecule has 0 amide bonds. The highest BCUT2D eigenvalue weighted by Gasteiger charge is 2.35. The molecule has 0 bridgehead atoms. The van der Waals surface area contributed by atoms with Crippen LogP contribution in [-0.2, 0) is 9.53 Å². The lowest BCUT2D eigenvalue weighted by Gasteiger charge is -2.36. The van der Waals surface area contributed by atoms with Crippen LogP contribution in [0.1, 0.15) is 46.0 Å². The van der Waals surface area contributed by atoms with Crippen LogP contribution in [0.15, 0.2) is 0 Å². The zero-order chi connectivity index (χ0) is 15.2. The number of aliphatic hydroxyl groups is 1. The minimum Gasteiger partial charge on any atom is -0.481 e. The largest absolute Gasteiger partial charge is 0.481 e. The predicted molar refractivity (Wildman–Crippen MR) is 77.7 cm³/mol. The van der Waals surface area contributed by atoms with E-state index in [0.717, 1.165) is 19.6 Å². The zero-order valence-electron chi connectivity index (χ0n) is 12.9. The molecule has 0 unspecified atom stereocenters. The molecular formula is C15H29NO4. The molecule has 1 aliphatic rings. The highest BCUT2D eigenvalue weighted by molar-refractivity contribution is 5.70. The second-order valence-electron chi connectivity index (χ2n) is 6.85. The summed E-state index contributed by atoms with van der Waals surface area (Å²) < 4.78 is 5.10. The van der Waals surface area contributed by atoms with Gasteiger partial charge in [0.2, 0.25) is 0 Å². The smallest absolute Gasteiger partial charge is 0.306 e. The van der Waals surface area contributed by atoms with Crippen LogP contribution in [0.3, 0.4) is 0 Å². The van der Waals surface area contributed by atoms with Crippen LogP contribution in [-0.4, -0.2) is 48.6 Å². The van der Waals surface area contributed by atoms with E-state index in [4.69, 9.17) is 9.84 Å². The molecule has 0 spiro atoms. The molecule has 1 fully saturated rings. The Bertz CT molecular complexity index is 309. The van der Waals surface area contributed by atoms with E-state index in [-0.39, 0.29) is 11.3 Å². The third-order valence-electron chi connectivity index (χ3n) is 4.31. The third kappa shape index (κ3) is 5.77. The van der Waals surface area contributed by atoms with E-state index in [9.17, 15) is 9.90 Å². The maximum Gasteiger partial charge on any atom is 0.306 e. The van der Waals surface area contributed by atoms with Crippen molar-refractivity contribution in [3.05, 3.63) is 0 Å². The number of carboxylic acids is 1. The van der Waals surface area contributed by atoms with Crippen molar-refractivity contribution in [2.24, 2.45) is 11.3 Å². The quantitative estimate of drug-likeness (QED) is 0.632. The first-order chi connectivity index (χ1) is 9.28. The molecule has 0 aromatic heterocycles. The van der Waals surface area contributed by atoms with Gasteiger partial charge in [-0.2, -0.15) is 0 Å². The van der Waals surface area contributed by atoms with Crippen molar-refractivity contribution < 1.29 is 19.7 Å². The van der Waals surface area contributed by atoms with Crippen molar-refractivity contribution in [1.29, 1.82) is 0 Å². The summed E-state index contributed by atoms with van der Waals surface area (Å²) in [6, 6.07) is 0. The standard InChI is InChI=1S/C15H29NO4/c1-14(2,8-9-20-3)10-16-11-15(19)6-4-12(5-7-15)13(17)18/h12,16,19H,4-11H2,1-3H3,(H,17,18). The molecule has 0 aromatic rings. The second kappa shape index (κ2) is 7.38. The molecule has 0 radical (unpaired) electrons. The van der Waals surface area contributed by atoms with E-state index in [1.807, 2.05) is 0 Å². The monoisotopic (exact) mass is 287 g/mol. The Labute approximate surface area is 121 Å². The molecule has 1 saturated carbocycles. The molecule has 0 atom stereocenters. The van der Waals surface area contributed by atoms with Gasteiger partial charge in [0.25, 0.3) is 0 Å². The van der Waals surface area contributed by atoms with Crippen molar-refractivity contribution >= 4 is 5.97 Å². The third-order valence-corrected chi connectivity index (χ3v) is 4.31. The Balaban J connectivity index is 2.29. The maximum atomic E-state index is 10.9. The number of aliphatic carboxylic acids is 1. The van der Waals surface area contributed by atoms with Crippen molar-refractivity contribution in [2.75, 3.05) is 26.8 Å². The highest BCUT2D eigenvalue weighted by atomic mass is 16.5. The van der Waals surface area contributed by atoms with E-state index in [1.165, 1.54) is 0 Å². The zero-order valence-corrected chi connectivity index (χ0v) is 12.9. The SMILES string of the molecule is COCCC(C)(C)CNCC1(O)CCC(C(=O)O)CC1. The molecule has 118 valence electrons. The van der Waals surface area contributed by atoms with Gasteiger partial charge in [0.1, 0.15) is 0 Å². The summed E-state index contributed by atoms with van der Waals surface area (Å²) in [5.74, 6) is -1.02. The van der Waals surface area contributed by atoms with E-state index in [1.54, 1.807) is 7.11 Å². The number of carbonyl (C=O) groups is 1. The minimum absolute atomic E-state index is 0.130. The predicted octanol–water partition coefficient (Wildman–Crippen LogP) is 1.64. The topological polar surface area (TPSA) is 78.8 Å². The lowest BCUT2D eigenvalue weighted by molar-refractivity contribution is -0.144. The average molecular weight is 287 g/mol. The van der Waals surface area contributed by atoms with Crippen LogP contribution in [0.2, 0.25) is 0 Å². The Kier molecular flexibility index (Phi) is 6.43. The Morgan fingerprint density at radius 3 is 2.50 bits per heavy atom. The molecule has 0 aromatic carbocycles. The van der Waals surface area contributed by atoms with Crippen molar-refractivity contribution in [1.82, 2.24) is 5.32 Å². The number of methoxy groups -OCH3 is 1. The fourth-order valence-corrected chi connectivity index (χ4v) is 2.68. The van der Waals surface area contributed by atoms with Gasteiger partial charge in [-0.3, -0.25) is 4.79 Å². The van der Waals surface area contributed by atoms with Gasteiger partial charge in [-0.15, -0.1) is 0 Å². The van der Waals surface area contributed by atoms with Crippen molar-refractivity contribution in [3.63, 3.8) is 0 Å². The molecule has 0 aliphatic heterocycles. The highest BCUT2D eigenvalue weighted by Crippen LogP contribution is 2.32. The number of hydrogen-bond donors (Lipinski definition) is 3. The summed E-state index contributed by atoms with van der Waals surface area (Å²) in [4.78, 5) is 10.9. The van der Waals surface area contributed by atoms with Gasteiger partial charge in [-0.25, -0.2) is 0 Å². The molecule has 0 heterocycles. The summed E-state index contributed by atoms with van der Waals surface area (Å²) in [7, 11) is 1.70. The van der Waals surface area contributed by atoms with Crippen molar-refractivity contribution in [2.45, 2.75) is 51.6 Å². The summed E-state index contributed by atoms with van der Waals surface area (Å²) in [6.45, 7) is 6.44. The maximum absolute atomic E-state index is 10.9. The fourth-order valence-electron chi connectivity index (χ4n) is 2.68. The lowest BCUT2D eigenvalue weighted by atomic mass is 9.78. The van der Waals surface area contributed by atoms with Gasteiger partial charge in [-0.05, 0) is 37.5 Å². The molecule has 20 heavy (non-hydrogen) atoms. The number of hydrogen-bond acceptors (Lipinski definition) is 4. The molecule has 5 nitrogen and oxygen atoms in total. The molecular weight excluding hydrogens is 258 g/mol. The normalized spacial score (nSPS) is 27.5. The molecule has 1 aliphatic carbocycles. The van der Waals surface area contributed by atoms with Gasteiger partial charge in [0, 0.05) is 26.8 Å². The number of rotatable bonds is 8. The second-order valence-corrected chi connectivity index (χ2v) is 6.85. The van der Waals surface area contributed by atoms with Crippen molar-refractivity contribution in [3.8, 4) is 0 Å². The Morgan fingerprint density at radius 2 is 2.00 bits per heavy atom. The molecule has 3 N–H and O–H groups in total. The molecule has 0 saturated heterocycles. The summed E-state index contributed by atoms with van der Waals surface area (Å²) >= 11 is 0.